The maximum Gasteiger partial charge on any atom is 0.0270 e. The summed E-state index contributed by atoms with van der Waals surface area (Å²) in [7, 11) is 0. The maximum absolute atomic E-state index is 3.61. The molecule has 0 aliphatic carbocycles. The monoisotopic (exact) mass is 174 g/mol. The van der Waals surface area contributed by atoms with Crippen molar-refractivity contribution >= 4 is 0 Å². The number of hydrogen-bond donors (Lipinski definition) is 0. The molecule has 0 unspecified atom stereocenters. The zero-order chi connectivity index (χ0) is 10.1. The second-order valence-corrected chi connectivity index (χ2v) is 3.20. The van der Waals surface area contributed by atoms with Gasteiger partial charge in [-0.05, 0) is 32.8 Å². The molecule has 0 fully saturated rings. The van der Waals surface area contributed by atoms with Crippen LogP contribution in [-0.4, -0.2) is 0 Å². The Morgan fingerprint density at radius 1 is 1.23 bits per heavy atom. The van der Waals surface area contributed by atoms with Gasteiger partial charge in [0.25, 0.3) is 0 Å². The van der Waals surface area contributed by atoms with Crippen LogP contribution in [0.4, 0.5) is 0 Å². The maximum atomic E-state index is 3.61. The molecule has 13 heavy (non-hydrogen) atoms. The topological polar surface area (TPSA) is 0 Å². The van der Waals surface area contributed by atoms with E-state index in [2.05, 4.69) is 44.4 Å². The number of rotatable bonds is 3. The Morgan fingerprint density at radius 3 is 2.46 bits per heavy atom. The molecule has 0 aliphatic heterocycles. The lowest BCUT2D eigenvalue weighted by atomic mass is 10.2. The van der Waals surface area contributed by atoms with Crippen LogP contribution >= 0.6 is 0 Å². The van der Waals surface area contributed by atoms with Crippen LogP contribution in [0, 0.1) is 11.8 Å². The summed E-state index contributed by atoms with van der Waals surface area (Å²) in [5.41, 5.74) is 2.49. The average Bonchev–Trinajstić information content (AvgIpc) is 2.04. The minimum Gasteiger partial charge on any atom is -0.102 e. The lowest BCUT2D eigenvalue weighted by Crippen LogP contribution is -1.70. The first kappa shape index (κ1) is 11.8. The van der Waals surface area contributed by atoms with E-state index >= 15 is 0 Å². The first-order chi connectivity index (χ1) is 6.16. The highest BCUT2D eigenvalue weighted by Crippen LogP contribution is 1.98. The van der Waals surface area contributed by atoms with Crippen molar-refractivity contribution in [3.8, 4) is 11.8 Å². The van der Waals surface area contributed by atoms with Crippen LogP contribution in [0.5, 0.6) is 0 Å². The molecular formula is C13H18. The zero-order valence-corrected chi connectivity index (χ0v) is 8.85. The van der Waals surface area contributed by atoms with Gasteiger partial charge in [-0.25, -0.2) is 0 Å². The van der Waals surface area contributed by atoms with Crippen LogP contribution in [0.25, 0.3) is 0 Å². The molecule has 0 spiro atoms. The zero-order valence-electron chi connectivity index (χ0n) is 8.85. The molecule has 0 N–H and O–H groups in total. The molecule has 0 amide bonds. The van der Waals surface area contributed by atoms with E-state index in [9.17, 15) is 0 Å². The third-order valence-corrected chi connectivity index (χ3v) is 1.48. The molecule has 0 heterocycles. The van der Waals surface area contributed by atoms with Gasteiger partial charge in [0, 0.05) is 6.42 Å². The molecule has 0 aromatic rings. The summed E-state index contributed by atoms with van der Waals surface area (Å²) in [6, 6.07) is 0. The first-order valence-corrected chi connectivity index (χ1v) is 4.56. The second-order valence-electron chi connectivity index (χ2n) is 3.20. The summed E-state index contributed by atoms with van der Waals surface area (Å²) >= 11 is 0. The van der Waals surface area contributed by atoms with Crippen molar-refractivity contribution in [3.05, 3.63) is 36.0 Å². The first-order valence-electron chi connectivity index (χ1n) is 4.56. The summed E-state index contributed by atoms with van der Waals surface area (Å²) < 4.78 is 0. The largest absolute Gasteiger partial charge is 0.102 e. The van der Waals surface area contributed by atoms with Crippen molar-refractivity contribution in [2.24, 2.45) is 0 Å². The molecule has 0 nitrogen and oxygen atoms in total. The lowest BCUT2D eigenvalue weighted by Gasteiger charge is -1.88. The molecule has 0 saturated heterocycles. The van der Waals surface area contributed by atoms with Crippen LogP contribution < -0.4 is 0 Å². The molecule has 0 rings (SSSR count). The van der Waals surface area contributed by atoms with Crippen molar-refractivity contribution in [2.75, 3.05) is 0 Å². The Labute approximate surface area is 82.0 Å². The SMILES string of the molecule is C=CCC#C/C(C)=C/CC=C(C)C. The minimum absolute atomic E-state index is 0.772. The van der Waals surface area contributed by atoms with Gasteiger partial charge in [0.05, 0.1) is 0 Å². The molecule has 0 bridgehead atoms. The number of hydrogen-bond acceptors (Lipinski definition) is 0. The average molecular weight is 174 g/mol. The Hall–Kier alpha value is -1.22. The van der Waals surface area contributed by atoms with Gasteiger partial charge >= 0.3 is 0 Å². The Bertz CT molecular complexity index is 262. The lowest BCUT2D eigenvalue weighted by molar-refractivity contribution is 1.26. The van der Waals surface area contributed by atoms with E-state index in [1.54, 1.807) is 0 Å². The Balaban J connectivity index is 3.97. The summed E-state index contributed by atoms with van der Waals surface area (Å²) in [5, 5.41) is 0. The highest BCUT2D eigenvalue weighted by Gasteiger charge is 1.80. The van der Waals surface area contributed by atoms with Crippen LogP contribution in [0.3, 0.4) is 0 Å². The van der Waals surface area contributed by atoms with E-state index in [1.165, 1.54) is 5.57 Å². The van der Waals surface area contributed by atoms with Gasteiger partial charge in [-0.3, -0.25) is 0 Å². The minimum atomic E-state index is 0.772. The van der Waals surface area contributed by atoms with Gasteiger partial charge < -0.3 is 0 Å². The fourth-order valence-electron chi connectivity index (χ4n) is 0.785. The molecule has 0 atom stereocenters. The predicted molar refractivity (Wildman–Crippen MR) is 60.4 cm³/mol. The third kappa shape index (κ3) is 8.69. The van der Waals surface area contributed by atoms with Crippen molar-refractivity contribution in [1.82, 2.24) is 0 Å². The van der Waals surface area contributed by atoms with Crippen molar-refractivity contribution in [1.29, 1.82) is 0 Å². The summed E-state index contributed by atoms with van der Waals surface area (Å²) in [6.07, 6.45) is 7.91. The van der Waals surface area contributed by atoms with E-state index in [0.717, 1.165) is 18.4 Å². The molecule has 0 aromatic heterocycles. The molecular weight excluding hydrogens is 156 g/mol. The van der Waals surface area contributed by atoms with Gasteiger partial charge in [-0.2, -0.15) is 0 Å². The molecule has 70 valence electrons. The molecule has 0 heteroatoms. The summed E-state index contributed by atoms with van der Waals surface area (Å²) in [5.74, 6) is 6.08. The van der Waals surface area contributed by atoms with E-state index in [1.807, 2.05) is 13.0 Å². The van der Waals surface area contributed by atoms with E-state index < -0.39 is 0 Å². The molecule has 0 saturated carbocycles. The molecule has 0 aliphatic rings. The van der Waals surface area contributed by atoms with E-state index in [0.29, 0.717) is 0 Å². The normalized spacial score (nSPS) is 9.92. The molecule has 0 radical (unpaired) electrons. The third-order valence-electron chi connectivity index (χ3n) is 1.48. The van der Waals surface area contributed by atoms with Gasteiger partial charge in [0.2, 0.25) is 0 Å². The fraction of sp³-hybridized carbons (Fsp3) is 0.385. The Morgan fingerprint density at radius 2 is 1.92 bits per heavy atom. The van der Waals surface area contributed by atoms with Crippen molar-refractivity contribution in [2.45, 2.75) is 33.6 Å². The fourth-order valence-corrected chi connectivity index (χ4v) is 0.785. The summed E-state index contributed by atoms with van der Waals surface area (Å²) in [4.78, 5) is 0. The van der Waals surface area contributed by atoms with Gasteiger partial charge in [-0.1, -0.05) is 35.6 Å². The van der Waals surface area contributed by atoms with Crippen molar-refractivity contribution in [3.63, 3.8) is 0 Å². The van der Waals surface area contributed by atoms with Gasteiger partial charge in [0.1, 0.15) is 0 Å². The van der Waals surface area contributed by atoms with Crippen LogP contribution in [0.2, 0.25) is 0 Å². The van der Waals surface area contributed by atoms with Crippen LogP contribution in [-0.2, 0) is 0 Å². The van der Waals surface area contributed by atoms with E-state index in [-0.39, 0.29) is 0 Å². The van der Waals surface area contributed by atoms with Gasteiger partial charge in [-0.15, -0.1) is 6.58 Å². The quantitative estimate of drug-likeness (QED) is 0.450. The highest BCUT2D eigenvalue weighted by molar-refractivity contribution is 5.27. The van der Waals surface area contributed by atoms with E-state index in [4.69, 9.17) is 0 Å². The van der Waals surface area contributed by atoms with Crippen LogP contribution in [0.15, 0.2) is 36.0 Å². The van der Waals surface area contributed by atoms with Gasteiger partial charge in [0.15, 0.2) is 0 Å². The summed E-state index contributed by atoms with van der Waals surface area (Å²) in [6.45, 7) is 9.86. The predicted octanol–water partition coefficient (Wildman–Crippen LogP) is 3.87. The van der Waals surface area contributed by atoms with Crippen molar-refractivity contribution < 1.29 is 0 Å². The highest BCUT2D eigenvalue weighted by atomic mass is 13.9. The second kappa shape index (κ2) is 7.43. The Kier molecular flexibility index (Phi) is 6.73. The number of allylic oxidation sites excluding steroid dienone is 5. The molecule has 0 aromatic carbocycles. The smallest absolute Gasteiger partial charge is 0.0270 e. The van der Waals surface area contributed by atoms with Crippen LogP contribution in [0.1, 0.15) is 33.6 Å². The standard InChI is InChI=1S/C13H18/c1-5-6-7-10-13(4)11-8-9-12(2)3/h5,9,11H,1,6,8H2,2-4H3/b13-11+.